The molecule has 0 aliphatic rings. The summed E-state index contributed by atoms with van der Waals surface area (Å²) in [5.74, 6) is 0. The van der Waals surface area contributed by atoms with E-state index < -0.39 is 0 Å². The summed E-state index contributed by atoms with van der Waals surface area (Å²) in [6.45, 7) is 3.24. The van der Waals surface area contributed by atoms with Crippen molar-refractivity contribution in [2.45, 2.75) is 13.5 Å². The number of furan rings is 1. The third-order valence-corrected chi connectivity index (χ3v) is 2.39. The lowest BCUT2D eigenvalue weighted by Crippen LogP contribution is -1.89. The lowest BCUT2D eigenvalue weighted by Gasteiger charge is -1.97. The first-order chi connectivity index (χ1) is 6.83. The minimum Gasteiger partial charge on any atom is -0.462 e. The van der Waals surface area contributed by atoms with E-state index in [0.717, 1.165) is 16.5 Å². The Kier molecular flexibility index (Phi) is 2.75. The van der Waals surface area contributed by atoms with Gasteiger partial charge in [-0.3, -0.25) is 0 Å². The van der Waals surface area contributed by atoms with Crippen LogP contribution in [0.4, 0.5) is 0 Å². The van der Waals surface area contributed by atoms with Gasteiger partial charge in [0, 0.05) is 17.6 Å². The molecule has 74 valence electrons. The third-order valence-electron chi connectivity index (χ3n) is 2.09. The van der Waals surface area contributed by atoms with Crippen LogP contribution < -0.4 is 0 Å². The van der Waals surface area contributed by atoms with Gasteiger partial charge in [-0.05, 0) is 13.0 Å². The van der Waals surface area contributed by atoms with Gasteiger partial charge in [0.2, 0.25) is 0 Å². The van der Waals surface area contributed by atoms with Gasteiger partial charge in [-0.2, -0.15) is 0 Å². The van der Waals surface area contributed by atoms with Gasteiger partial charge >= 0.3 is 0 Å². The number of ether oxygens (including phenoxy) is 1. The monoisotopic (exact) mass is 210 g/mol. The number of hydrogen-bond acceptors (Lipinski definition) is 2. The quantitative estimate of drug-likeness (QED) is 0.772. The second kappa shape index (κ2) is 4.03. The van der Waals surface area contributed by atoms with Crippen molar-refractivity contribution in [2.75, 3.05) is 6.61 Å². The van der Waals surface area contributed by atoms with Gasteiger partial charge in [0.25, 0.3) is 0 Å². The predicted molar refractivity (Wildman–Crippen MR) is 56.6 cm³/mol. The Hall–Kier alpha value is -0.990. The van der Waals surface area contributed by atoms with Crippen molar-refractivity contribution in [3.05, 3.63) is 35.0 Å². The fraction of sp³-hybridized carbons (Fsp3) is 0.273. The van der Waals surface area contributed by atoms with E-state index in [0.29, 0.717) is 18.2 Å². The van der Waals surface area contributed by atoms with E-state index in [1.54, 1.807) is 6.26 Å². The highest BCUT2D eigenvalue weighted by Gasteiger charge is 2.07. The zero-order chi connectivity index (χ0) is 9.97. The van der Waals surface area contributed by atoms with Crippen molar-refractivity contribution in [1.29, 1.82) is 0 Å². The fourth-order valence-electron chi connectivity index (χ4n) is 1.40. The van der Waals surface area contributed by atoms with Crippen LogP contribution in [-0.2, 0) is 11.3 Å². The van der Waals surface area contributed by atoms with E-state index in [1.165, 1.54) is 0 Å². The molecule has 14 heavy (non-hydrogen) atoms. The molecule has 0 spiro atoms. The van der Waals surface area contributed by atoms with Crippen LogP contribution in [0.25, 0.3) is 11.0 Å². The van der Waals surface area contributed by atoms with Gasteiger partial charge < -0.3 is 9.15 Å². The first-order valence-corrected chi connectivity index (χ1v) is 4.93. The normalized spacial score (nSPS) is 11.0. The summed E-state index contributed by atoms with van der Waals surface area (Å²) in [4.78, 5) is 0. The van der Waals surface area contributed by atoms with Crippen molar-refractivity contribution in [3.63, 3.8) is 0 Å². The molecule has 0 fully saturated rings. The number of rotatable bonds is 3. The molecule has 0 radical (unpaired) electrons. The Morgan fingerprint density at radius 3 is 3.07 bits per heavy atom. The van der Waals surface area contributed by atoms with E-state index >= 15 is 0 Å². The van der Waals surface area contributed by atoms with Crippen LogP contribution in [0.2, 0.25) is 5.02 Å². The van der Waals surface area contributed by atoms with Gasteiger partial charge in [-0.15, -0.1) is 0 Å². The van der Waals surface area contributed by atoms with Crippen molar-refractivity contribution in [2.24, 2.45) is 0 Å². The molecule has 0 saturated carbocycles. The number of hydrogen-bond donors (Lipinski definition) is 0. The Labute approximate surface area is 87.4 Å². The van der Waals surface area contributed by atoms with Gasteiger partial charge in [0.15, 0.2) is 5.58 Å². The largest absolute Gasteiger partial charge is 0.462 e. The predicted octanol–water partition coefficient (Wildman–Crippen LogP) is 3.62. The lowest BCUT2D eigenvalue weighted by molar-refractivity contribution is 0.134. The average molecular weight is 211 g/mol. The maximum Gasteiger partial charge on any atom is 0.152 e. The molecule has 0 bridgehead atoms. The maximum absolute atomic E-state index is 5.97. The van der Waals surface area contributed by atoms with Gasteiger partial charge in [0.1, 0.15) is 0 Å². The third kappa shape index (κ3) is 1.63. The highest BCUT2D eigenvalue weighted by atomic mass is 35.5. The van der Waals surface area contributed by atoms with E-state index in [1.807, 2.05) is 25.1 Å². The van der Waals surface area contributed by atoms with Crippen LogP contribution >= 0.6 is 11.6 Å². The summed E-state index contributed by atoms with van der Waals surface area (Å²) in [6.07, 6.45) is 1.70. The molecule has 1 heterocycles. The summed E-state index contributed by atoms with van der Waals surface area (Å²) < 4.78 is 10.7. The van der Waals surface area contributed by atoms with Crippen LogP contribution in [-0.4, -0.2) is 6.61 Å². The zero-order valence-electron chi connectivity index (χ0n) is 7.92. The summed E-state index contributed by atoms with van der Waals surface area (Å²) in [5.41, 5.74) is 1.79. The molecule has 0 amide bonds. The maximum atomic E-state index is 5.97. The van der Waals surface area contributed by atoms with Crippen molar-refractivity contribution >= 4 is 22.6 Å². The number of halogens is 1. The van der Waals surface area contributed by atoms with Gasteiger partial charge in [-0.25, -0.2) is 0 Å². The molecule has 2 aromatic rings. The summed E-state index contributed by atoms with van der Waals surface area (Å²) >= 11 is 5.97. The smallest absolute Gasteiger partial charge is 0.152 e. The second-order valence-electron chi connectivity index (χ2n) is 3.01. The summed E-state index contributed by atoms with van der Waals surface area (Å²) in [6, 6.07) is 5.71. The molecule has 2 nitrogen and oxygen atoms in total. The van der Waals surface area contributed by atoms with Crippen molar-refractivity contribution in [1.82, 2.24) is 0 Å². The van der Waals surface area contributed by atoms with Crippen LogP contribution in [0.1, 0.15) is 12.5 Å². The lowest BCUT2D eigenvalue weighted by atomic mass is 10.2. The highest BCUT2D eigenvalue weighted by molar-refractivity contribution is 6.34. The molecule has 0 saturated heterocycles. The Morgan fingerprint density at radius 2 is 2.29 bits per heavy atom. The standard InChI is InChI=1S/C11H11ClO2/c1-2-13-6-8-7-14-11-9(8)4-3-5-10(11)12/h3-5,7H,2,6H2,1H3. The van der Waals surface area contributed by atoms with E-state index in [9.17, 15) is 0 Å². The number of benzene rings is 1. The van der Waals surface area contributed by atoms with Crippen LogP contribution in [0.15, 0.2) is 28.9 Å². The Bertz CT molecular complexity index is 434. The average Bonchev–Trinajstić information content (AvgIpc) is 2.60. The molecule has 2 rings (SSSR count). The molecule has 0 atom stereocenters. The van der Waals surface area contributed by atoms with Crippen molar-refractivity contribution in [3.8, 4) is 0 Å². The molecular weight excluding hydrogens is 200 g/mol. The van der Waals surface area contributed by atoms with Gasteiger partial charge in [-0.1, -0.05) is 23.7 Å². The second-order valence-corrected chi connectivity index (χ2v) is 3.42. The molecule has 3 heteroatoms. The minimum absolute atomic E-state index is 0.573. The zero-order valence-corrected chi connectivity index (χ0v) is 8.67. The molecule has 0 unspecified atom stereocenters. The molecule has 0 N–H and O–H groups in total. The summed E-state index contributed by atoms with van der Waals surface area (Å²) in [5, 5.41) is 1.68. The van der Waals surface area contributed by atoms with E-state index in [2.05, 4.69) is 0 Å². The molecule has 0 aliphatic heterocycles. The Morgan fingerprint density at radius 1 is 1.43 bits per heavy atom. The minimum atomic E-state index is 0.573. The Balaban J connectivity index is 2.42. The number of fused-ring (bicyclic) bond motifs is 1. The summed E-state index contributed by atoms with van der Waals surface area (Å²) in [7, 11) is 0. The van der Waals surface area contributed by atoms with Crippen LogP contribution in [0.3, 0.4) is 0 Å². The fourth-order valence-corrected chi connectivity index (χ4v) is 1.62. The first kappa shape index (κ1) is 9.56. The molecule has 1 aromatic carbocycles. The van der Waals surface area contributed by atoms with E-state index in [-0.39, 0.29) is 0 Å². The first-order valence-electron chi connectivity index (χ1n) is 4.55. The van der Waals surface area contributed by atoms with Gasteiger partial charge in [0.05, 0.1) is 17.9 Å². The molecule has 1 aromatic heterocycles. The molecular formula is C11H11ClO2. The topological polar surface area (TPSA) is 22.4 Å². The van der Waals surface area contributed by atoms with E-state index in [4.69, 9.17) is 20.8 Å². The van der Waals surface area contributed by atoms with Crippen molar-refractivity contribution < 1.29 is 9.15 Å². The number of para-hydroxylation sites is 1. The van der Waals surface area contributed by atoms with Crippen LogP contribution in [0, 0.1) is 0 Å². The SMILES string of the molecule is CCOCc1coc2c(Cl)cccc12. The van der Waals surface area contributed by atoms with Crippen LogP contribution in [0.5, 0.6) is 0 Å². The molecule has 0 aliphatic carbocycles. The highest BCUT2D eigenvalue weighted by Crippen LogP contribution is 2.27.